The fourth-order valence-corrected chi connectivity index (χ4v) is 3.31. The summed E-state index contributed by atoms with van der Waals surface area (Å²) in [4.78, 5) is 37.0. The van der Waals surface area contributed by atoms with Gasteiger partial charge >= 0.3 is 18.1 Å². The molecule has 1 aliphatic heterocycles. The first-order chi connectivity index (χ1) is 14.7. The number of aryl methyl sites for hydroxylation is 1. The number of H-pyrrole nitrogens is 1. The Labute approximate surface area is 181 Å². The number of alkyl halides is 3. The van der Waals surface area contributed by atoms with Crippen LogP contribution in [0.4, 0.5) is 18.9 Å². The number of hydrogen-bond acceptors (Lipinski definition) is 5. The second-order valence-corrected chi connectivity index (χ2v) is 7.75. The summed E-state index contributed by atoms with van der Waals surface area (Å²) in [7, 11) is 0. The SMILES string of the molecule is CCc1cc(C(=O)O)c(=O)[nH]c1-c1ccc(N2CCC(C)(N)C2)cc1.O=C(O)C(F)(F)F. The number of nitrogens with one attached hydrogen (secondary N) is 1. The molecular formula is C21H24F3N3O5. The van der Waals surface area contributed by atoms with Gasteiger partial charge in [-0.25, -0.2) is 9.59 Å². The summed E-state index contributed by atoms with van der Waals surface area (Å²) in [6.07, 6.45) is -3.50. The van der Waals surface area contributed by atoms with Gasteiger partial charge in [-0.15, -0.1) is 0 Å². The number of benzene rings is 1. The highest BCUT2D eigenvalue weighted by Gasteiger charge is 2.38. The number of rotatable bonds is 4. The molecule has 1 aliphatic rings. The lowest BCUT2D eigenvalue weighted by Crippen LogP contribution is -2.39. The molecule has 1 atom stereocenters. The van der Waals surface area contributed by atoms with Crippen molar-refractivity contribution in [3.05, 3.63) is 51.8 Å². The summed E-state index contributed by atoms with van der Waals surface area (Å²) in [5, 5.41) is 16.2. The first-order valence-corrected chi connectivity index (χ1v) is 9.69. The predicted molar refractivity (Wildman–Crippen MR) is 112 cm³/mol. The number of nitrogens with zero attached hydrogens (tertiary/aromatic N) is 1. The van der Waals surface area contributed by atoms with Gasteiger partial charge in [0.1, 0.15) is 5.56 Å². The normalized spacial score (nSPS) is 18.1. The maximum Gasteiger partial charge on any atom is 0.490 e. The molecule has 0 bridgehead atoms. The second kappa shape index (κ2) is 9.43. The molecule has 11 heteroatoms. The van der Waals surface area contributed by atoms with E-state index in [1.807, 2.05) is 31.2 Å². The molecule has 1 aromatic heterocycles. The topological polar surface area (TPSA) is 137 Å². The van der Waals surface area contributed by atoms with Crippen molar-refractivity contribution in [3.63, 3.8) is 0 Å². The summed E-state index contributed by atoms with van der Waals surface area (Å²) in [6.45, 7) is 5.74. The van der Waals surface area contributed by atoms with E-state index in [1.165, 1.54) is 6.07 Å². The molecule has 0 aliphatic carbocycles. The van der Waals surface area contributed by atoms with Gasteiger partial charge in [-0.2, -0.15) is 13.2 Å². The van der Waals surface area contributed by atoms with Crippen LogP contribution in [0.1, 0.15) is 36.2 Å². The number of aromatic carboxylic acids is 1. The molecule has 3 rings (SSSR count). The Bertz CT molecular complexity index is 1050. The molecule has 0 amide bonds. The van der Waals surface area contributed by atoms with E-state index in [9.17, 15) is 22.8 Å². The second-order valence-electron chi connectivity index (χ2n) is 7.75. The molecule has 0 radical (unpaired) electrons. The average molecular weight is 455 g/mol. The van der Waals surface area contributed by atoms with Crippen LogP contribution in [0.25, 0.3) is 11.3 Å². The standard InChI is InChI=1S/C19H23N3O3.C2HF3O2/c1-3-12-10-15(18(24)25)17(23)21-16(12)13-4-6-14(7-5-13)22-9-8-19(2,20)11-22;3-2(4,5)1(6)7/h4-7,10H,3,8-9,11,20H2,1-2H3,(H,21,23)(H,24,25);(H,6,7). The van der Waals surface area contributed by atoms with Crippen molar-refractivity contribution in [1.29, 1.82) is 0 Å². The van der Waals surface area contributed by atoms with Gasteiger partial charge in [-0.1, -0.05) is 19.1 Å². The third-order valence-corrected chi connectivity index (χ3v) is 5.00. The van der Waals surface area contributed by atoms with E-state index in [-0.39, 0.29) is 11.1 Å². The number of aliphatic carboxylic acids is 1. The van der Waals surface area contributed by atoms with Gasteiger partial charge in [0.05, 0.1) is 5.69 Å². The maximum absolute atomic E-state index is 12.0. The zero-order valence-electron chi connectivity index (χ0n) is 17.5. The number of carbonyl (C=O) groups is 2. The van der Waals surface area contributed by atoms with Crippen molar-refractivity contribution in [3.8, 4) is 11.3 Å². The van der Waals surface area contributed by atoms with Crippen LogP contribution >= 0.6 is 0 Å². The Morgan fingerprint density at radius 1 is 1.22 bits per heavy atom. The third-order valence-electron chi connectivity index (χ3n) is 5.00. The Balaban J connectivity index is 0.000000451. The highest BCUT2D eigenvalue weighted by molar-refractivity contribution is 5.88. The van der Waals surface area contributed by atoms with Crippen molar-refractivity contribution >= 4 is 17.6 Å². The van der Waals surface area contributed by atoms with Crippen LogP contribution in [-0.4, -0.2) is 51.9 Å². The minimum Gasteiger partial charge on any atom is -0.477 e. The number of aromatic nitrogens is 1. The third kappa shape index (κ3) is 6.10. The summed E-state index contributed by atoms with van der Waals surface area (Å²) >= 11 is 0. The molecule has 1 unspecified atom stereocenters. The minimum atomic E-state index is -5.08. The molecular weight excluding hydrogens is 431 g/mol. The highest BCUT2D eigenvalue weighted by atomic mass is 19.4. The van der Waals surface area contributed by atoms with Crippen molar-refractivity contribution in [2.75, 3.05) is 18.0 Å². The van der Waals surface area contributed by atoms with Gasteiger partial charge in [-0.05, 0) is 49.1 Å². The molecule has 1 aromatic carbocycles. The fraction of sp³-hybridized carbons (Fsp3) is 0.381. The summed E-state index contributed by atoms with van der Waals surface area (Å²) in [6, 6.07) is 9.39. The first-order valence-electron chi connectivity index (χ1n) is 9.69. The van der Waals surface area contributed by atoms with Crippen LogP contribution in [0.5, 0.6) is 0 Å². The monoisotopic (exact) mass is 455 g/mol. The molecule has 174 valence electrons. The fourth-order valence-electron chi connectivity index (χ4n) is 3.31. The van der Waals surface area contributed by atoms with Crippen LogP contribution in [0.3, 0.4) is 0 Å². The van der Waals surface area contributed by atoms with Crippen molar-refractivity contribution < 1.29 is 33.0 Å². The number of carboxylic acids is 2. The number of pyridine rings is 1. The number of nitrogens with two attached hydrogens (primary N) is 1. The molecule has 5 N–H and O–H groups in total. The lowest BCUT2D eigenvalue weighted by molar-refractivity contribution is -0.192. The zero-order valence-corrected chi connectivity index (χ0v) is 17.5. The van der Waals surface area contributed by atoms with Crippen LogP contribution in [0, 0.1) is 0 Å². The van der Waals surface area contributed by atoms with Gasteiger partial charge < -0.3 is 25.8 Å². The Morgan fingerprint density at radius 3 is 2.19 bits per heavy atom. The van der Waals surface area contributed by atoms with Crippen molar-refractivity contribution in [2.24, 2.45) is 5.73 Å². The largest absolute Gasteiger partial charge is 0.490 e. The number of aromatic amines is 1. The smallest absolute Gasteiger partial charge is 0.477 e. The summed E-state index contributed by atoms with van der Waals surface area (Å²) in [5.41, 5.74) is 8.67. The summed E-state index contributed by atoms with van der Waals surface area (Å²) in [5.74, 6) is -3.97. The molecule has 2 aromatic rings. The van der Waals surface area contributed by atoms with E-state index in [1.54, 1.807) is 0 Å². The van der Waals surface area contributed by atoms with Gasteiger partial charge in [0, 0.05) is 24.3 Å². The lowest BCUT2D eigenvalue weighted by Gasteiger charge is -2.22. The lowest BCUT2D eigenvalue weighted by atomic mass is 10.0. The maximum atomic E-state index is 12.0. The van der Waals surface area contributed by atoms with E-state index < -0.39 is 23.7 Å². The van der Waals surface area contributed by atoms with Crippen molar-refractivity contribution in [2.45, 2.75) is 38.4 Å². The van der Waals surface area contributed by atoms with Gasteiger partial charge in [0.25, 0.3) is 5.56 Å². The predicted octanol–water partition coefficient (Wildman–Crippen LogP) is 2.86. The Hall–Kier alpha value is -3.34. The van der Waals surface area contributed by atoms with E-state index >= 15 is 0 Å². The quantitative estimate of drug-likeness (QED) is 0.556. The van der Waals surface area contributed by atoms with E-state index in [2.05, 4.69) is 16.8 Å². The van der Waals surface area contributed by atoms with Crippen LogP contribution in [0.15, 0.2) is 35.1 Å². The first kappa shape index (κ1) is 24.9. The van der Waals surface area contributed by atoms with Crippen molar-refractivity contribution in [1.82, 2.24) is 4.98 Å². The molecule has 8 nitrogen and oxygen atoms in total. The van der Waals surface area contributed by atoms with Crippen LogP contribution in [0.2, 0.25) is 0 Å². The molecule has 1 fully saturated rings. The Kier molecular flexibility index (Phi) is 7.34. The number of hydrogen-bond donors (Lipinski definition) is 4. The molecule has 1 saturated heterocycles. The molecule has 2 heterocycles. The number of anilines is 1. The van der Waals surface area contributed by atoms with E-state index in [0.717, 1.165) is 36.3 Å². The molecule has 0 spiro atoms. The molecule has 32 heavy (non-hydrogen) atoms. The number of halogens is 3. The Morgan fingerprint density at radius 2 is 1.78 bits per heavy atom. The van der Waals surface area contributed by atoms with Gasteiger partial charge in [0.2, 0.25) is 0 Å². The zero-order chi connectivity index (χ0) is 24.3. The molecule has 0 saturated carbocycles. The average Bonchev–Trinajstić information content (AvgIpc) is 3.07. The van der Waals surface area contributed by atoms with E-state index in [0.29, 0.717) is 12.1 Å². The van der Waals surface area contributed by atoms with Crippen LogP contribution < -0.4 is 16.2 Å². The van der Waals surface area contributed by atoms with Gasteiger partial charge in [-0.3, -0.25) is 4.79 Å². The highest BCUT2D eigenvalue weighted by Crippen LogP contribution is 2.28. The minimum absolute atomic E-state index is 0.161. The number of carboxylic acid groups (broad SMARTS) is 2. The van der Waals surface area contributed by atoms with E-state index in [4.69, 9.17) is 20.7 Å². The van der Waals surface area contributed by atoms with Gasteiger partial charge in [0.15, 0.2) is 0 Å². The van der Waals surface area contributed by atoms with Crippen LogP contribution in [-0.2, 0) is 11.2 Å². The summed E-state index contributed by atoms with van der Waals surface area (Å²) < 4.78 is 31.7.